The zero-order valence-electron chi connectivity index (χ0n) is 8.32. The minimum Gasteiger partial charge on any atom is -0.481 e. The molecule has 2 N–H and O–H groups in total. The van der Waals surface area contributed by atoms with E-state index in [-0.39, 0.29) is 6.42 Å². The lowest BCUT2D eigenvalue weighted by molar-refractivity contribution is -0.139. The van der Waals surface area contributed by atoms with Gasteiger partial charge in [0.05, 0.1) is 12.5 Å². The van der Waals surface area contributed by atoms with Crippen LogP contribution >= 0.6 is 0 Å². The van der Waals surface area contributed by atoms with Crippen LogP contribution < -0.4 is 0 Å². The third-order valence-electron chi connectivity index (χ3n) is 2.00. The van der Waals surface area contributed by atoms with Crippen molar-refractivity contribution < 1.29 is 15.0 Å². The summed E-state index contributed by atoms with van der Waals surface area (Å²) in [5.74, 6) is -0.989. The predicted molar refractivity (Wildman–Crippen MR) is 53.1 cm³/mol. The first-order chi connectivity index (χ1) is 6.49. The topological polar surface area (TPSA) is 57.5 Å². The number of aryl methyl sites for hydroxylation is 2. The highest BCUT2D eigenvalue weighted by Crippen LogP contribution is 2.19. The molecule has 1 atom stereocenters. The van der Waals surface area contributed by atoms with Gasteiger partial charge in [-0.15, -0.1) is 0 Å². The minimum atomic E-state index is -0.989. The summed E-state index contributed by atoms with van der Waals surface area (Å²) >= 11 is 0. The van der Waals surface area contributed by atoms with Gasteiger partial charge in [0.25, 0.3) is 0 Å². The molecule has 0 heterocycles. The van der Waals surface area contributed by atoms with Crippen LogP contribution in [0.15, 0.2) is 18.2 Å². The molecule has 0 aliphatic rings. The molecule has 0 saturated carbocycles. The molecule has 0 saturated heterocycles. The van der Waals surface area contributed by atoms with Gasteiger partial charge in [0.2, 0.25) is 0 Å². The molecular formula is C11H14O3. The Morgan fingerprint density at radius 1 is 1.29 bits per heavy atom. The van der Waals surface area contributed by atoms with Crippen LogP contribution in [0.5, 0.6) is 0 Å². The van der Waals surface area contributed by atoms with E-state index in [1.807, 2.05) is 19.9 Å². The quantitative estimate of drug-likeness (QED) is 0.771. The second kappa shape index (κ2) is 4.24. The van der Waals surface area contributed by atoms with E-state index >= 15 is 0 Å². The number of aliphatic hydroxyl groups is 1. The standard InChI is InChI=1S/C11H14O3/c1-7-3-8(2)5-9(4-7)10(12)6-11(13)14/h3-5,10,12H,6H2,1-2H3,(H,13,14)/t10-/m1/s1. The predicted octanol–water partition coefficient (Wildman–Crippen LogP) is 1.81. The van der Waals surface area contributed by atoms with Gasteiger partial charge >= 0.3 is 5.97 Å². The number of aliphatic hydroxyl groups excluding tert-OH is 1. The largest absolute Gasteiger partial charge is 0.481 e. The van der Waals surface area contributed by atoms with Gasteiger partial charge in [0.15, 0.2) is 0 Å². The number of benzene rings is 1. The fourth-order valence-corrected chi connectivity index (χ4v) is 1.49. The van der Waals surface area contributed by atoms with Crippen molar-refractivity contribution in [3.05, 3.63) is 34.9 Å². The molecule has 0 aliphatic carbocycles. The molecule has 0 aliphatic heterocycles. The van der Waals surface area contributed by atoms with Crippen LogP contribution in [-0.4, -0.2) is 16.2 Å². The molecule has 0 unspecified atom stereocenters. The average molecular weight is 194 g/mol. The number of hydrogen-bond acceptors (Lipinski definition) is 2. The van der Waals surface area contributed by atoms with Crippen LogP contribution in [0.1, 0.15) is 29.2 Å². The Hall–Kier alpha value is -1.35. The molecule has 0 spiro atoms. The Bertz CT molecular complexity index is 324. The molecular weight excluding hydrogens is 180 g/mol. The molecule has 14 heavy (non-hydrogen) atoms. The van der Waals surface area contributed by atoms with Crippen molar-refractivity contribution in [2.24, 2.45) is 0 Å². The maximum Gasteiger partial charge on any atom is 0.306 e. The molecule has 0 fully saturated rings. The average Bonchev–Trinajstić information content (AvgIpc) is 2.00. The first-order valence-corrected chi connectivity index (χ1v) is 4.47. The molecule has 1 aromatic rings. The Morgan fingerprint density at radius 3 is 2.21 bits per heavy atom. The Balaban J connectivity index is 2.89. The van der Waals surface area contributed by atoms with E-state index in [2.05, 4.69) is 0 Å². The van der Waals surface area contributed by atoms with Gasteiger partial charge in [-0.05, 0) is 19.4 Å². The summed E-state index contributed by atoms with van der Waals surface area (Å²) in [6, 6.07) is 5.60. The van der Waals surface area contributed by atoms with Crippen molar-refractivity contribution in [2.45, 2.75) is 26.4 Å². The zero-order valence-corrected chi connectivity index (χ0v) is 8.32. The summed E-state index contributed by atoms with van der Waals surface area (Å²) in [6.45, 7) is 3.84. The number of carboxylic acid groups (broad SMARTS) is 1. The summed E-state index contributed by atoms with van der Waals surface area (Å²) in [4.78, 5) is 10.4. The van der Waals surface area contributed by atoms with Gasteiger partial charge in [0, 0.05) is 0 Å². The number of rotatable bonds is 3. The normalized spacial score (nSPS) is 12.5. The Kier molecular flexibility index (Phi) is 3.25. The van der Waals surface area contributed by atoms with E-state index < -0.39 is 12.1 Å². The molecule has 3 nitrogen and oxygen atoms in total. The van der Waals surface area contributed by atoms with Crippen LogP contribution in [0.4, 0.5) is 0 Å². The lowest BCUT2D eigenvalue weighted by atomic mass is 10.0. The van der Waals surface area contributed by atoms with E-state index in [0.717, 1.165) is 11.1 Å². The van der Waals surface area contributed by atoms with Gasteiger partial charge in [-0.3, -0.25) is 4.79 Å². The SMILES string of the molecule is Cc1cc(C)cc([C@H](O)CC(=O)O)c1. The van der Waals surface area contributed by atoms with E-state index in [1.165, 1.54) is 0 Å². The maximum absolute atomic E-state index is 10.4. The second-order valence-corrected chi connectivity index (χ2v) is 3.53. The van der Waals surface area contributed by atoms with E-state index in [4.69, 9.17) is 5.11 Å². The summed E-state index contributed by atoms with van der Waals surface area (Å²) in [7, 11) is 0. The third kappa shape index (κ3) is 2.85. The van der Waals surface area contributed by atoms with Crippen molar-refractivity contribution >= 4 is 5.97 Å². The first kappa shape index (κ1) is 10.7. The fraction of sp³-hybridized carbons (Fsp3) is 0.364. The number of hydrogen-bond donors (Lipinski definition) is 2. The molecule has 1 aromatic carbocycles. The Labute approximate surface area is 83.0 Å². The fourth-order valence-electron chi connectivity index (χ4n) is 1.49. The molecule has 1 rings (SSSR count). The minimum absolute atomic E-state index is 0.247. The second-order valence-electron chi connectivity index (χ2n) is 3.53. The first-order valence-electron chi connectivity index (χ1n) is 4.47. The summed E-state index contributed by atoms with van der Waals surface area (Å²) in [5, 5.41) is 18.1. The van der Waals surface area contributed by atoms with Crippen molar-refractivity contribution in [1.82, 2.24) is 0 Å². The van der Waals surface area contributed by atoms with Crippen LogP contribution in [0.2, 0.25) is 0 Å². The highest BCUT2D eigenvalue weighted by atomic mass is 16.4. The van der Waals surface area contributed by atoms with Gasteiger partial charge in [0.1, 0.15) is 0 Å². The van der Waals surface area contributed by atoms with Crippen molar-refractivity contribution in [1.29, 1.82) is 0 Å². The van der Waals surface area contributed by atoms with Crippen LogP contribution in [0.3, 0.4) is 0 Å². The summed E-state index contributed by atoms with van der Waals surface area (Å²) < 4.78 is 0. The van der Waals surface area contributed by atoms with E-state index in [0.29, 0.717) is 5.56 Å². The highest BCUT2D eigenvalue weighted by molar-refractivity contribution is 5.67. The summed E-state index contributed by atoms with van der Waals surface area (Å²) in [6.07, 6.45) is -1.16. The van der Waals surface area contributed by atoms with Crippen molar-refractivity contribution in [2.75, 3.05) is 0 Å². The Morgan fingerprint density at radius 2 is 1.79 bits per heavy atom. The number of carbonyl (C=O) groups is 1. The van der Waals surface area contributed by atoms with Gasteiger partial charge < -0.3 is 10.2 Å². The molecule has 76 valence electrons. The molecule has 0 radical (unpaired) electrons. The van der Waals surface area contributed by atoms with Crippen molar-refractivity contribution in [3.63, 3.8) is 0 Å². The van der Waals surface area contributed by atoms with E-state index in [1.54, 1.807) is 12.1 Å². The number of aliphatic carboxylic acids is 1. The third-order valence-corrected chi connectivity index (χ3v) is 2.00. The highest BCUT2D eigenvalue weighted by Gasteiger charge is 2.12. The smallest absolute Gasteiger partial charge is 0.306 e. The van der Waals surface area contributed by atoms with Gasteiger partial charge in [-0.1, -0.05) is 29.3 Å². The number of carboxylic acids is 1. The molecule has 0 amide bonds. The van der Waals surface area contributed by atoms with Gasteiger partial charge in [-0.25, -0.2) is 0 Å². The van der Waals surface area contributed by atoms with Crippen LogP contribution in [0.25, 0.3) is 0 Å². The van der Waals surface area contributed by atoms with Crippen LogP contribution in [-0.2, 0) is 4.79 Å². The monoisotopic (exact) mass is 194 g/mol. The summed E-state index contributed by atoms with van der Waals surface area (Å²) in [5.41, 5.74) is 2.73. The maximum atomic E-state index is 10.4. The van der Waals surface area contributed by atoms with E-state index in [9.17, 15) is 9.90 Å². The van der Waals surface area contributed by atoms with Gasteiger partial charge in [-0.2, -0.15) is 0 Å². The molecule has 0 bridgehead atoms. The van der Waals surface area contributed by atoms with Crippen LogP contribution in [0, 0.1) is 13.8 Å². The van der Waals surface area contributed by atoms with Crippen molar-refractivity contribution in [3.8, 4) is 0 Å². The molecule has 3 heteroatoms. The molecule has 0 aromatic heterocycles. The lowest BCUT2D eigenvalue weighted by Gasteiger charge is -2.10. The zero-order chi connectivity index (χ0) is 10.7. The lowest BCUT2D eigenvalue weighted by Crippen LogP contribution is -2.05.